The molecule has 0 aliphatic heterocycles. The molecular weight excluding hydrogens is 284 g/mol. The third-order valence-electron chi connectivity index (χ3n) is 3.66. The predicted molar refractivity (Wildman–Crippen MR) is 88.3 cm³/mol. The maximum absolute atomic E-state index is 5.38. The smallest absolute Gasteiger partial charge is 0.237 e. The number of thiazole rings is 1. The van der Waals surface area contributed by atoms with Gasteiger partial charge in [-0.05, 0) is 26.4 Å². The maximum atomic E-state index is 5.38. The Morgan fingerprint density at radius 3 is 2.81 bits per heavy atom. The fourth-order valence-electron chi connectivity index (χ4n) is 2.52. The van der Waals surface area contributed by atoms with E-state index in [4.69, 9.17) is 4.74 Å². The van der Waals surface area contributed by atoms with Crippen molar-refractivity contribution in [2.75, 3.05) is 27.7 Å². The van der Waals surface area contributed by atoms with Crippen LogP contribution in [-0.4, -0.2) is 48.1 Å². The first-order chi connectivity index (χ1) is 10.0. The summed E-state index contributed by atoms with van der Waals surface area (Å²) in [6, 6.07) is 0.543. The van der Waals surface area contributed by atoms with E-state index in [0.717, 1.165) is 29.6 Å². The zero-order valence-corrected chi connectivity index (χ0v) is 14.4. The van der Waals surface area contributed by atoms with Gasteiger partial charge in [-0.1, -0.05) is 13.8 Å². The first kappa shape index (κ1) is 16.3. The van der Waals surface area contributed by atoms with Crippen molar-refractivity contribution in [3.8, 4) is 5.88 Å². The molecule has 21 heavy (non-hydrogen) atoms. The van der Waals surface area contributed by atoms with Crippen molar-refractivity contribution in [1.82, 2.24) is 19.6 Å². The van der Waals surface area contributed by atoms with E-state index in [-0.39, 0.29) is 0 Å². The van der Waals surface area contributed by atoms with Crippen molar-refractivity contribution in [2.24, 2.45) is 5.92 Å². The van der Waals surface area contributed by atoms with Gasteiger partial charge >= 0.3 is 0 Å². The van der Waals surface area contributed by atoms with Crippen LogP contribution < -0.4 is 10.1 Å². The number of ether oxygens (including phenoxy) is 1. The summed E-state index contributed by atoms with van der Waals surface area (Å²) >= 11 is 1.63. The highest BCUT2D eigenvalue weighted by Gasteiger charge is 2.16. The van der Waals surface area contributed by atoms with Gasteiger partial charge in [-0.2, -0.15) is 4.98 Å². The lowest BCUT2D eigenvalue weighted by Gasteiger charge is -2.26. The van der Waals surface area contributed by atoms with Gasteiger partial charge in [0, 0.05) is 30.7 Å². The molecule has 0 fully saturated rings. The van der Waals surface area contributed by atoms with Crippen molar-refractivity contribution in [3.05, 3.63) is 17.3 Å². The van der Waals surface area contributed by atoms with Crippen LogP contribution in [-0.2, 0) is 6.54 Å². The summed E-state index contributed by atoms with van der Waals surface area (Å²) in [7, 11) is 5.97. The summed E-state index contributed by atoms with van der Waals surface area (Å²) in [6.45, 7) is 6.27. The van der Waals surface area contributed by atoms with Gasteiger partial charge in [0.15, 0.2) is 4.96 Å². The number of nitrogens with one attached hydrogen (secondary N) is 1. The Morgan fingerprint density at radius 1 is 1.43 bits per heavy atom. The summed E-state index contributed by atoms with van der Waals surface area (Å²) in [5.74, 6) is 1.42. The average molecular weight is 310 g/mol. The van der Waals surface area contributed by atoms with E-state index in [1.165, 1.54) is 6.42 Å². The Kier molecular flexibility index (Phi) is 5.61. The van der Waals surface area contributed by atoms with E-state index in [1.54, 1.807) is 18.4 Å². The fourth-order valence-corrected chi connectivity index (χ4v) is 3.24. The topological polar surface area (TPSA) is 41.8 Å². The minimum absolute atomic E-state index is 0.543. The van der Waals surface area contributed by atoms with Gasteiger partial charge in [0.25, 0.3) is 0 Å². The van der Waals surface area contributed by atoms with Crippen LogP contribution in [0.25, 0.3) is 4.96 Å². The molecule has 5 nitrogen and oxygen atoms in total. The van der Waals surface area contributed by atoms with Crippen molar-refractivity contribution in [3.63, 3.8) is 0 Å². The predicted octanol–water partition coefficient (Wildman–Crippen LogP) is 2.47. The van der Waals surface area contributed by atoms with Crippen molar-refractivity contribution in [2.45, 2.75) is 32.9 Å². The maximum Gasteiger partial charge on any atom is 0.237 e. The van der Waals surface area contributed by atoms with Crippen LogP contribution in [0.3, 0.4) is 0 Å². The molecule has 0 aromatic carbocycles. The molecule has 6 heteroatoms. The van der Waals surface area contributed by atoms with Gasteiger partial charge in [0.05, 0.1) is 7.11 Å². The van der Waals surface area contributed by atoms with Crippen molar-refractivity contribution in [1.29, 1.82) is 0 Å². The lowest BCUT2D eigenvalue weighted by Crippen LogP contribution is -2.38. The van der Waals surface area contributed by atoms with Crippen LogP contribution in [0.4, 0.5) is 0 Å². The molecule has 0 spiro atoms. The SMILES string of the molecule is COc1nc2sccn2c1CNCC(CC(C)C)N(C)C. The second-order valence-electron chi connectivity index (χ2n) is 6.00. The van der Waals surface area contributed by atoms with Crippen LogP contribution >= 0.6 is 11.3 Å². The third kappa shape index (κ3) is 3.96. The van der Waals surface area contributed by atoms with Crippen LogP contribution in [0, 0.1) is 5.92 Å². The lowest BCUT2D eigenvalue weighted by molar-refractivity contribution is 0.246. The molecule has 2 rings (SSSR count). The number of nitrogens with zero attached hydrogens (tertiary/aromatic N) is 3. The van der Waals surface area contributed by atoms with Crippen LogP contribution in [0.5, 0.6) is 5.88 Å². The first-order valence-corrected chi connectivity index (χ1v) is 8.26. The molecule has 0 aliphatic carbocycles. The van der Waals surface area contributed by atoms with Crippen molar-refractivity contribution >= 4 is 16.3 Å². The molecule has 0 saturated heterocycles. The van der Waals surface area contributed by atoms with Gasteiger partial charge in [0.2, 0.25) is 5.88 Å². The summed E-state index contributed by atoms with van der Waals surface area (Å²) in [5.41, 5.74) is 1.09. The molecule has 1 N–H and O–H groups in total. The van der Waals surface area contributed by atoms with Crippen LogP contribution in [0.15, 0.2) is 11.6 Å². The number of aromatic nitrogens is 2. The lowest BCUT2D eigenvalue weighted by atomic mass is 10.0. The second kappa shape index (κ2) is 7.24. The van der Waals surface area contributed by atoms with Gasteiger partial charge in [-0.25, -0.2) is 0 Å². The van der Waals surface area contributed by atoms with Crippen LogP contribution in [0.2, 0.25) is 0 Å². The Labute approximate surface area is 130 Å². The molecule has 1 atom stereocenters. The van der Waals surface area contributed by atoms with E-state index in [9.17, 15) is 0 Å². The normalized spacial score (nSPS) is 13.5. The van der Waals surface area contributed by atoms with Gasteiger partial charge in [-0.3, -0.25) is 4.40 Å². The number of fused-ring (bicyclic) bond motifs is 1. The number of methoxy groups -OCH3 is 1. The number of hydrogen-bond donors (Lipinski definition) is 1. The highest BCUT2D eigenvalue weighted by atomic mass is 32.1. The number of hydrogen-bond acceptors (Lipinski definition) is 5. The number of likely N-dealkylation sites (N-methyl/N-ethyl adjacent to an activating group) is 1. The summed E-state index contributed by atoms with van der Waals surface area (Å²) in [6.07, 6.45) is 3.24. The van der Waals surface area contributed by atoms with Gasteiger partial charge in [0.1, 0.15) is 5.69 Å². The molecule has 2 heterocycles. The number of imidazole rings is 1. The molecule has 2 aromatic rings. The monoisotopic (exact) mass is 310 g/mol. The minimum Gasteiger partial charge on any atom is -0.480 e. The van der Waals surface area contributed by atoms with E-state index in [0.29, 0.717) is 12.0 Å². The Balaban J connectivity index is 1.99. The molecule has 1 unspecified atom stereocenters. The molecule has 0 amide bonds. The second-order valence-corrected chi connectivity index (χ2v) is 6.87. The Bertz CT molecular complexity index is 561. The van der Waals surface area contributed by atoms with E-state index >= 15 is 0 Å². The van der Waals surface area contributed by atoms with E-state index in [1.807, 2.05) is 11.6 Å². The Hall–Kier alpha value is -1.11. The summed E-state index contributed by atoms with van der Waals surface area (Å²) in [5, 5.41) is 5.60. The largest absolute Gasteiger partial charge is 0.480 e. The molecule has 0 saturated carbocycles. The quantitative estimate of drug-likeness (QED) is 0.813. The molecule has 0 bridgehead atoms. The standard InChI is InChI=1S/C15H26N4OS/c1-11(2)8-12(18(3)4)9-16-10-13-14(20-5)17-15-19(13)6-7-21-15/h6-7,11-12,16H,8-10H2,1-5H3. The zero-order valence-electron chi connectivity index (χ0n) is 13.6. The zero-order chi connectivity index (χ0) is 15.4. The highest BCUT2D eigenvalue weighted by molar-refractivity contribution is 7.15. The minimum atomic E-state index is 0.543. The molecule has 118 valence electrons. The van der Waals surface area contributed by atoms with Gasteiger partial charge < -0.3 is 15.0 Å². The van der Waals surface area contributed by atoms with Crippen molar-refractivity contribution < 1.29 is 4.74 Å². The van der Waals surface area contributed by atoms with Crippen LogP contribution in [0.1, 0.15) is 26.0 Å². The Morgan fingerprint density at radius 2 is 2.19 bits per heavy atom. The fraction of sp³-hybridized carbons (Fsp3) is 0.667. The first-order valence-electron chi connectivity index (χ1n) is 7.38. The molecule has 2 aromatic heterocycles. The van der Waals surface area contributed by atoms with Gasteiger partial charge in [-0.15, -0.1) is 11.3 Å². The average Bonchev–Trinajstić information content (AvgIpc) is 2.98. The number of rotatable bonds is 8. The molecular formula is C15H26N4OS. The van der Waals surface area contributed by atoms with E-state index in [2.05, 4.69) is 47.5 Å². The molecule has 0 aliphatic rings. The molecule has 0 radical (unpaired) electrons. The highest BCUT2D eigenvalue weighted by Crippen LogP contribution is 2.22. The summed E-state index contributed by atoms with van der Waals surface area (Å²) in [4.78, 5) is 7.76. The summed E-state index contributed by atoms with van der Waals surface area (Å²) < 4.78 is 7.48. The third-order valence-corrected chi connectivity index (χ3v) is 4.42. The van der Waals surface area contributed by atoms with E-state index < -0.39 is 0 Å².